The molecule has 0 aromatic heterocycles. The number of nitrogens with one attached hydrogen (secondary N) is 1. The maximum atomic E-state index is 11.6. The van der Waals surface area contributed by atoms with Gasteiger partial charge in [-0.2, -0.15) is 5.10 Å². The van der Waals surface area contributed by atoms with Crippen LogP contribution in [-0.2, 0) is 19.1 Å². The summed E-state index contributed by atoms with van der Waals surface area (Å²) in [5.74, 6) is -1.25. The number of nitrogens with zero attached hydrogens (tertiary/aromatic N) is 2. The summed E-state index contributed by atoms with van der Waals surface area (Å²) in [5.41, 5.74) is 3.06. The molecular formula is C14H17N3O6. The number of hydrogen-bond donors (Lipinski definition) is 1. The van der Waals surface area contributed by atoms with Gasteiger partial charge < -0.3 is 9.47 Å². The Morgan fingerprint density at radius 2 is 1.96 bits per heavy atom. The van der Waals surface area contributed by atoms with Gasteiger partial charge in [-0.3, -0.25) is 20.3 Å². The molecule has 0 unspecified atom stereocenters. The van der Waals surface area contributed by atoms with Gasteiger partial charge in [0.1, 0.15) is 11.4 Å². The topological polar surface area (TPSA) is 120 Å². The molecule has 0 aliphatic heterocycles. The van der Waals surface area contributed by atoms with Crippen LogP contribution in [0.5, 0.6) is 0 Å². The molecule has 9 heteroatoms. The van der Waals surface area contributed by atoms with Gasteiger partial charge in [-0.15, -0.1) is 0 Å². The number of hydrogen-bond acceptors (Lipinski definition) is 8. The summed E-state index contributed by atoms with van der Waals surface area (Å²) in [7, 11) is 2.40. The maximum absolute atomic E-state index is 11.6. The number of nitro groups is 1. The Kier molecular flexibility index (Phi) is 6.66. The molecule has 0 heterocycles. The van der Waals surface area contributed by atoms with Crippen LogP contribution in [0.4, 0.5) is 11.4 Å². The summed E-state index contributed by atoms with van der Waals surface area (Å²) in [4.78, 5) is 33.2. The van der Waals surface area contributed by atoms with Gasteiger partial charge in [-0.05, 0) is 18.6 Å². The number of carbonyl (C=O) groups is 2. The van der Waals surface area contributed by atoms with Crippen LogP contribution in [0.2, 0.25) is 0 Å². The Hall–Kier alpha value is -2.97. The zero-order chi connectivity index (χ0) is 17.4. The molecule has 23 heavy (non-hydrogen) atoms. The van der Waals surface area contributed by atoms with Crippen molar-refractivity contribution in [2.75, 3.05) is 19.6 Å². The van der Waals surface area contributed by atoms with Crippen LogP contribution < -0.4 is 5.43 Å². The van der Waals surface area contributed by atoms with Gasteiger partial charge in [0.2, 0.25) is 0 Å². The minimum absolute atomic E-state index is 0.0218. The fraction of sp³-hybridized carbons (Fsp3) is 0.357. The van der Waals surface area contributed by atoms with Crippen molar-refractivity contribution < 1.29 is 24.0 Å². The molecular weight excluding hydrogens is 306 g/mol. The predicted molar refractivity (Wildman–Crippen MR) is 82.2 cm³/mol. The third-order valence-corrected chi connectivity index (χ3v) is 2.88. The zero-order valence-electron chi connectivity index (χ0n) is 13.0. The highest BCUT2D eigenvalue weighted by Crippen LogP contribution is 2.25. The fourth-order valence-corrected chi connectivity index (χ4v) is 1.66. The SMILES string of the molecule is COC(=O)CC/C(=N/Nc1ccc(C)cc1[N+](=O)[O-])C(=O)OC. The Bertz CT molecular complexity index is 641. The summed E-state index contributed by atoms with van der Waals surface area (Å²) < 4.78 is 9.05. The second-order valence-corrected chi connectivity index (χ2v) is 4.52. The number of esters is 2. The molecule has 0 radical (unpaired) electrons. The van der Waals surface area contributed by atoms with E-state index >= 15 is 0 Å². The first kappa shape index (κ1) is 18.1. The van der Waals surface area contributed by atoms with Crippen LogP contribution in [0.3, 0.4) is 0 Å². The van der Waals surface area contributed by atoms with Crippen molar-refractivity contribution >= 4 is 29.0 Å². The summed E-state index contributed by atoms with van der Waals surface area (Å²) in [6, 6.07) is 4.52. The summed E-state index contributed by atoms with van der Waals surface area (Å²) >= 11 is 0. The van der Waals surface area contributed by atoms with E-state index < -0.39 is 16.9 Å². The molecule has 1 aromatic rings. The van der Waals surface area contributed by atoms with Gasteiger partial charge in [-0.25, -0.2) is 4.79 Å². The first-order chi connectivity index (χ1) is 10.9. The Morgan fingerprint density at radius 1 is 1.26 bits per heavy atom. The average Bonchev–Trinajstić information content (AvgIpc) is 2.54. The van der Waals surface area contributed by atoms with E-state index in [9.17, 15) is 19.7 Å². The molecule has 0 bridgehead atoms. The second-order valence-electron chi connectivity index (χ2n) is 4.52. The van der Waals surface area contributed by atoms with Gasteiger partial charge in [-0.1, -0.05) is 6.07 Å². The molecule has 1 rings (SSSR count). The van der Waals surface area contributed by atoms with Crippen LogP contribution in [0, 0.1) is 17.0 Å². The lowest BCUT2D eigenvalue weighted by Crippen LogP contribution is -2.19. The van der Waals surface area contributed by atoms with E-state index in [1.165, 1.54) is 26.4 Å². The molecule has 0 atom stereocenters. The standard InChI is InChI=1S/C14H17N3O6/c1-9-4-5-10(12(8-9)17(20)21)15-16-11(14(19)23-3)6-7-13(18)22-2/h4-5,8,15H,6-7H2,1-3H3/b16-11-. The normalized spacial score (nSPS) is 10.8. The summed E-state index contributed by atoms with van der Waals surface area (Å²) in [6.07, 6.45) is -0.0892. The van der Waals surface area contributed by atoms with Crippen molar-refractivity contribution in [2.45, 2.75) is 19.8 Å². The summed E-state index contributed by atoms with van der Waals surface area (Å²) in [5, 5.41) is 14.9. The van der Waals surface area contributed by atoms with E-state index in [0.29, 0.717) is 5.56 Å². The van der Waals surface area contributed by atoms with E-state index in [0.717, 1.165) is 0 Å². The number of benzene rings is 1. The molecule has 0 aliphatic rings. The number of carbonyl (C=O) groups excluding carboxylic acids is 2. The lowest BCUT2D eigenvalue weighted by molar-refractivity contribution is -0.384. The first-order valence-electron chi connectivity index (χ1n) is 6.61. The zero-order valence-corrected chi connectivity index (χ0v) is 13.0. The van der Waals surface area contributed by atoms with Crippen molar-refractivity contribution in [1.29, 1.82) is 0 Å². The van der Waals surface area contributed by atoms with Gasteiger partial charge in [0, 0.05) is 12.5 Å². The van der Waals surface area contributed by atoms with Gasteiger partial charge in [0.05, 0.1) is 25.6 Å². The number of methoxy groups -OCH3 is 2. The highest BCUT2D eigenvalue weighted by molar-refractivity contribution is 6.36. The predicted octanol–water partition coefficient (Wildman–Crippen LogP) is 1.80. The number of ether oxygens (including phenoxy) is 2. The minimum Gasteiger partial charge on any atom is -0.469 e. The van der Waals surface area contributed by atoms with Crippen LogP contribution in [0.15, 0.2) is 23.3 Å². The van der Waals surface area contributed by atoms with E-state index in [4.69, 9.17) is 0 Å². The highest BCUT2D eigenvalue weighted by atomic mass is 16.6. The molecule has 1 aromatic carbocycles. The van der Waals surface area contributed by atoms with E-state index in [1.807, 2.05) is 0 Å². The van der Waals surface area contributed by atoms with Crippen molar-refractivity contribution in [3.63, 3.8) is 0 Å². The van der Waals surface area contributed by atoms with Crippen molar-refractivity contribution in [2.24, 2.45) is 5.10 Å². The van der Waals surface area contributed by atoms with Crippen LogP contribution in [0.1, 0.15) is 18.4 Å². The number of hydrazone groups is 1. The molecule has 0 saturated carbocycles. The lowest BCUT2D eigenvalue weighted by Gasteiger charge is -2.06. The van der Waals surface area contributed by atoms with Crippen LogP contribution >= 0.6 is 0 Å². The van der Waals surface area contributed by atoms with E-state index in [-0.39, 0.29) is 29.9 Å². The number of nitro benzene ring substituents is 1. The largest absolute Gasteiger partial charge is 0.469 e. The van der Waals surface area contributed by atoms with Crippen molar-refractivity contribution in [1.82, 2.24) is 0 Å². The molecule has 1 N–H and O–H groups in total. The number of anilines is 1. The van der Waals surface area contributed by atoms with Gasteiger partial charge in [0.15, 0.2) is 0 Å². The highest BCUT2D eigenvalue weighted by Gasteiger charge is 2.17. The minimum atomic E-state index is -0.740. The molecule has 0 spiro atoms. The number of aryl methyl sites for hydroxylation is 1. The molecule has 124 valence electrons. The Labute approximate surface area is 132 Å². The maximum Gasteiger partial charge on any atom is 0.354 e. The molecule has 0 fully saturated rings. The third kappa shape index (κ3) is 5.38. The average molecular weight is 323 g/mol. The monoisotopic (exact) mass is 323 g/mol. The molecule has 9 nitrogen and oxygen atoms in total. The van der Waals surface area contributed by atoms with Gasteiger partial charge >= 0.3 is 11.9 Å². The van der Waals surface area contributed by atoms with Crippen molar-refractivity contribution in [3.8, 4) is 0 Å². The van der Waals surface area contributed by atoms with Crippen LogP contribution in [-0.4, -0.2) is 36.8 Å². The first-order valence-corrected chi connectivity index (χ1v) is 6.61. The third-order valence-electron chi connectivity index (χ3n) is 2.88. The van der Waals surface area contributed by atoms with E-state index in [1.54, 1.807) is 13.0 Å². The quantitative estimate of drug-likeness (QED) is 0.351. The lowest BCUT2D eigenvalue weighted by atomic mass is 10.2. The number of rotatable bonds is 7. The van der Waals surface area contributed by atoms with Crippen molar-refractivity contribution in [3.05, 3.63) is 33.9 Å². The molecule has 0 saturated heterocycles. The van der Waals surface area contributed by atoms with Crippen LogP contribution in [0.25, 0.3) is 0 Å². The van der Waals surface area contributed by atoms with E-state index in [2.05, 4.69) is 20.0 Å². The fourth-order valence-electron chi connectivity index (χ4n) is 1.66. The smallest absolute Gasteiger partial charge is 0.354 e. The molecule has 0 amide bonds. The Balaban J connectivity index is 2.98. The van der Waals surface area contributed by atoms with Gasteiger partial charge in [0.25, 0.3) is 5.69 Å². The second kappa shape index (κ2) is 8.47. The Morgan fingerprint density at radius 3 is 2.52 bits per heavy atom. The summed E-state index contributed by atoms with van der Waals surface area (Å²) in [6.45, 7) is 1.72. The molecule has 0 aliphatic carbocycles.